The lowest BCUT2D eigenvalue weighted by molar-refractivity contribution is -0.130. The van der Waals surface area contributed by atoms with Crippen molar-refractivity contribution in [3.05, 3.63) is 18.2 Å². The molecule has 106 valence electrons. The summed E-state index contributed by atoms with van der Waals surface area (Å²) in [6.45, 7) is 2.02. The third-order valence-electron chi connectivity index (χ3n) is 3.75. The van der Waals surface area contributed by atoms with Gasteiger partial charge in [0.1, 0.15) is 5.82 Å². The predicted octanol–water partition coefficient (Wildman–Crippen LogP) is 1.67. The van der Waals surface area contributed by atoms with Gasteiger partial charge in [0.25, 0.3) is 0 Å². The topological polar surface area (TPSA) is 69.2 Å². The molecule has 1 aromatic rings. The van der Waals surface area contributed by atoms with Crippen LogP contribution in [0.1, 0.15) is 50.3 Å². The molecule has 1 aromatic heterocycles. The van der Waals surface area contributed by atoms with Gasteiger partial charge in [0.2, 0.25) is 5.91 Å². The quantitative estimate of drug-likeness (QED) is 0.737. The molecular weight excluding hydrogens is 242 g/mol. The highest BCUT2D eigenvalue weighted by Gasteiger charge is 2.23. The molecule has 2 rings (SSSR count). The number of imidazole rings is 1. The minimum atomic E-state index is 0.148. The molecule has 2 heterocycles. The molecule has 0 bridgehead atoms. The molecule has 0 aliphatic carbocycles. The Labute approximate surface area is 114 Å². The van der Waals surface area contributed by atoms with Crippen LogP contribution in [0.25, 0.3) is 0 Å². The van der Waals surface area contributed by atoms with E-state index in [0.29, 0.717) is 6.42 Å². The van der Waals surface area contributed by atoms with Crippen molar-refractivity contribution in [2.45, 2.75) is 44.4 Å². The van der Waals surface area contributed by atoms with E-state index in [2.05, 4.69) is 9.97 Å². The van der Waals surface area contributed by atoms with E-state index in [0.717, 1.165) is 51.0 Å². The summed E-state index contributed by atoms with van der Waals surface area (Å²) in [5, 5.41) is 8.87. The predicted molar refractivity (Wildman–Crippen MR) is 72.7 cm³/mol. The van der Waals surface area contributed by atoms with Gasteiger partial charge >= 0.3 is 0 Å². The van der Waals surface area contributed by atoms with E-state index in [9.17, 15) is 4.79 Å². The minimum absolute atomic E-state index is 0.148. The maximum absolute atomic E-state index is 12.2. The highest BCUT2D eigenvalue weighted by Crippen LogP contribution is 2.24. The third kappa shape index (κ3) is 4.06. The molecule has 1 amide bonds. The number of H-pyrrole nitrogens is 1. The zero-order chi connectivity index (χ0) is 13.5. The maximum Gasteiger partial charge on any atom is 0.223 e. The molecule has 1 fully saturated rings. The third-order valence-corrected chi connectivity index (χ3v) is 3.75. The summed E-state index contributed by atoms with van der Waals surface area (Å²) in [6, 6.07) is 0. The molecule has 1 aliphatic rings. The summed E-state index contributed by atoms with van der Waals surface area (Å²) in [5.41, 5.74) is 0. The number of nitrogens with one attached hydrogen (secondary N) is 1. The van der Waals surface area contributed by atoms with Gasteiger partial charge in [0, 0.05) is 44.4 Å². The van der Waals surface area contributed by atoms with Crippen molar-refractivity contribution in [3.8, 4) is 0 Å². The number of aromatic amines is 1. The second-order valence-electron chi connectivity index (χ2n) is 5.18. The Morgan fingerprint density at radius 3 is 2.84 bits per heavy atom. The summed E-state index contributed by atoms with van der Waals surface area (Å²) < 4.78 is 0. The second-order valence-corrected chi connectivity index (χ2v) is 5.18. The van der Waals surface area contributed by atoms with Gasteiger partial charge in [-0.1, -0.05) is 6.42 Å². The smallest absolute Gasteiger partial charge is 0.223 e. The number of rotatable bonds is 7. The Morgan fingerprint density at radius 2 is 2.21 bits per heavy atom. The van der Waals surface area contributed by atoms with E-state index >= 15 is 0 Å². The fourth-order valence-electron chi connectivity index (χ4n) is 2.65. The molecule has 19 heavy (non-hydrogen) atoms. The van der Waals surface area contributed by atoms with Crippen LogP contribution in [-0.2, 0) is 4.79 Å². The van der Waals surface area contributed by atoms with Gasteiger partial charge in [-0.3, -0.25) is 4.79 Å². The van der Waals surface area contributed by atoms with Crippen molar-refractivity contribution < 1.29 is 9.90 Å². The van der Waals surface area contributed by atoms with Crippen LogP contribution in [0.2, 0.25) is 0 Å². The first-order valence-electron chi connectivity index (χ1n) is 7.19. The summed E-state index contributed by atoms with van der Waals surface area (Å²) in [5.74, 6) is 1.28. The van der Waals surface area contributed by atoms with Crippen molar-refractivity contribution in [2.75, 3.05) is 19.7 Å². The van der Waals surface area contributed by atoms with Crippen molar-refractivity contribution in [2.24, 2.45) is 0 Å². The fraction of sp³-hybridized carbons (Fsp3) is 0.714. The first-order valence-corrected chi connectivity index (χ1v) is 7.19. The first kappa shape index (κ1) is 14.1. The first-order chi connectivity index (χ1) is 9.31. The van der Waals surface area contributed by atoms with Crippen molar-refractivity contribution in [3.63, 3.8) is 0 Å². The monoisotopic (exact) mass is 265 g/mol. The number of carbonyl (C=O) groups excluding carboxylic acids is 1. The Morgan fingerprint density at radius 1 is 1.42 bits per heavy atom. The van der Waals surface area contributed by atoms with Crippen molar-refractivity contribution >= 4 is 5.91 Å². The normalized spacial score (nSPS) is 16.8. The molecule has 2 N–H and O–H groups in total. The van der Waals surface area contributed by atoms with Gasteiger partial charge in [0.05, 0.1) is 0 Å². The van der Waals surface area contributed by atoms with Crippen LogP contribution in [0.3, 0.4) is 0 Å². The molecule has 5 nitrogen and oxygen atoms in total. The number of likely N-dealkylation sites (tertiary alicyclic amines) is 1. The fourth-order valence-corrected chi connectivity index (χ4v) is 2.65. The zero-order valence-electron chi connectivity index (χ0n) is 11.3. The van der Waals surface area contributed by atoms with Gasteiger partial charge < -0.3 is 15.0 Å². The SMILES string of the molecule is O=C(CC(CCCCO)c1ncc[nH]1)N1CCCC1. The number of amides is 1. The van der Waals surface area contributed by atoms with Crippen molar-refractivity contribution in [1.82, 2.24) is 14.9 Å². The Hall–Kier alpha value is -1.36. The Balaban J connectivity index is 1.91. The average molecular weight is 265 g/mol. The minimum Gasteiger partial charge on any atom is -0.396 e. The number of nitrogens with zero attached hydrogens (tertiary/aromatic N) is 2. The number of carbonyl (C=O) groups is 1. The van der Waals surface area contributed by atoms with Gasteiger partial charge in [-0.15, -0.1) is 0 Å². The van der Waals surface area contributed by atoms with Gasteiger partial charge in [0.15, 0.2) is 0 Å². The Bertz CT molecular complexity index is 372. The summed E-state index contributed by atoms with van der Waals surface area (Å²) in [7, 11) is 0. The standard InChI is InChI=1S/C14H23N3O2/c18-10-4-1-5-12(14-15-6-7-16-14)11-13(19)17-8-2-3-9-17/h6-7,12,18H,1-5,8-11H2,(H,15,16). The van der Waals surface area contributed by atoms with Crippen molar-refractivity contribution in [1.29, 1.82) is 0 Å². The Kier molecular flexibility index (Phi) is 5.39. The van der Waals surface area contributed by atoms with Crippen LogP contribution in [0, 0.1) is 0 Å². The molecule has 0 aromatic carbocycles. The average Bonchev–Trinajstić information content (AvgIpc) is 3.10. The van der Waals surface area contributed by atoms with Crippen LogP contribution in [0.5, 0.6) is 0 Å². The van der Waals surface area contributed by atoms with Crippen LogP contribution in [0.15, 0.2) is 12.4 Å². The molecule has 1 aliphatic heterocycles. The van der Waals surface area contributed by atoms with Gasteiger partial charge in [-0.25, -0.2) is 4.98 Å². The number of unbranched alkanes of at least 4 members (excludes halogenated alkanes) is 1. The van der Waals surface area contributed by atoms with Crippen LogP contribution < -0.4 is 0 Å². The highest BCUT2D eigenvalue weighted by molar-refractivity contribution is 5.77. The lowest BCUT2D eigenvalue weighted by Gasteiger charge is -2.19. The molecule has 0 saturated carbocycles. The van der Waals surface area contributed by atoms with E-state index in [1.165, 1.54) is 0 Å². The van der Waals surface area contributed by atoms with Crippen LogP contribution in [0.4, 0.5) is 0 Å². The summed E-state index contributed by atoms with van der Waals surface area (Å²) >= 11 is 0. The molecule has 1 unspecified atom stereocenters. The number of hydrogen-bond acceptors (Lipinski definition) is 3. The molecule has 5 heteroatoms. The summed E-state index contributed by atoms with van der Waals surface area (Å²) in [6.07, 6.45) is 8.92. The molecular formula is C14H23N3O2. The van der Waals surface area contributed by atoms with E-state index in [-0.39, 0.29) is 18.4 Å². The number of aliphatic hydroxyl groups excluding tert-OH is 1. The van der Waals surface area contributed by atoms with Crippen LogP contribution in [-0.4, -0.2) is 45.6 Å². The lowest BCUT2D eigenvalue weighted by atomic mass is 9.97. The van der Waals surface area contributed by atoms with Crippen LogP contribution >= 0.6 is 0 Å². The zero-order valence-corrected chi connectivity index (χ0v) is 11.3. The molecule has 0 spiro atoms. The highest BCUT2D eigenvalue weighted by atomic mass is 16.2. The van der Waals surface area contributed by atoms with Gasteiger partial charge in [-0.05, 0) is 25.7 Å². The van der Waals surface area contributed by atoms with E-state index in [1.807, 2.05) is 4.90 Å². The van der Waals surface area contributed by atoms with E-state index < -0.39 is 0 Å². The van der Waals surface area contributed by atoms with Gasteiger partial charge in [-0.2, -0.15) is 0 Å². The molecule has 1 atom stereocenters. The largest absolute Gasteiger partial charge is 0.396 e. The second kappa shape index (κ2) is 7.28. The maximum atomic E-state index is 12.2. The van der Waals surface area contributed by atoms with E-state index in [1.54, 1.807) is 12.4 Å². The lowest BCUT2D eigenvalue weighted by Crippen LogP contribution is -2.29. The number of aliphatic hydroxyl groups is 1. The number of aromatic nitrogens is 2. The summed E-state index contributed by atoms with van der Waals surface area (Å²) in [4.78, 5) is 21.6. The van der Waals surface area contributed by atoms with E-state index in [4.69, 9.17) is 5.11 Å². The molecule has 1 saturated heterocycles. The molecule has 0 radical (unpaired) electrons. The number of hydrogen-bond donors (Lipinski definition) is 2.